The quantitative estimate of drug-likeness (QED) is 0.875. The van der Waals surface area contributed by atoms with Crippen LogP contribution in [0.15, 0.2) is 5.38 Å². The number of carbonyl (C=O) groups excluding carboxylic acids is 1. The van der Waals surface area contributed by atoms with Gasteiger partial charge in [-0.2, -0.15) is 0 Å². The SMILES string of the molecule is CCc1nc(CC(=O)N2CCC[C@H](CCC(=O)O)C2)cs1. The summed E-state index contributed by atoms with van der Waals surface area (Å²) in [5.41, 5.74) is 0.856. The minimum absolute atomic E-state index is 0.114. The average Bonchev–Trinajstić information content (AvgIpc) is 2.93. The van der Waals surface area contributed by atoms with Gasteiger partial charge in [-0.15, -0.1) is 11.3 Å². The Balaban J connectivity index is 1.85. The topological polar surface area (TPSA) is 70.5 Å². The summed E-state index contributed by atoms with van der Waals surface area (Å²) in [6, 6.07) is 0. The number of carboxylic acids is 1. The summed E-state index contributed by atoms with van der Waals surface area (Å²) in [6.45, 7) is 3.53. The van der Waals surface area contributed by atoms with Crippen LogP contribution in [0.5, 0.6) is 0 Å². The highest BCUT2D eigenvalue weighted by Gasteiger charge is 2.24. The molecule has 1 amide bonds. The number of piperidine rings is 1. The highest BCUT2D eigenvalue weighted by Crippen LogP contribution is 2.22. The highest BCUT2D eigenvalue weighted by atomic mass is 32.1. The molecule has 0 bridgehead atoms. The van der Waals surface area contributed by atoms with Crippen LogP contribution < -0.4 is 0 Å². The number of aromatic nitrogens is 1. The molecule has 1 atom stereocenters. The van der Waals surface area contributed by atoms with E-state index in [-0.39, 0.29) is 12.3 Å². The van der Waals surface area contributed by atoms with E-state index in [0.29, 0.717) is 25.3 Å². The molecule has 1 aromatic rings. The van der Waals surface area contributed by atoms with Crippen LogP contribution in [0.2, 0.25) is 0 Å². The van der Waals surface area contributed by atoms with Gasteiger partial charge in [-0.25, -0.2) is 4.98 Å². The van der Waals surface area contributed by atoms with Gasteiger partial charge in [-0.1, -0.05) is 6.92 Å². The standard InChI is InChI=1S/C15H22N2O3S/c1-2-13-16-12(10-21-13)8-14(18)17-7-3-4-11(9-17)5-6-15(19)20/h10-11H,2-9H2,1H3,(H,19,20)/t11-/m1/s1. The molecule has 5 nitrogen and oxygen atoms in total. The van der Waals surface area contributed by atoms with Gasteiger partial charge in [0.25, 0.3) is 0 Å². The molecule has 2 rings (SSSR count). The third kappa shape index (κ3) is 4.81. The van der Waals surface area contributed by atoms with E-state index in [1.165, 1.54) is 0 Å². The predicted molar refractivity (Wildman–Crippen MR) is 81.4 cm³/mol. The molecule has 0 aromatic carbocycles. The first-order valence-corrected chi connectivity index (χ1v) is 8.39. The zero-order chi connectivity index (χ0) is 15.2. The molecule has 1 N–H and O–H groups in total. The van der Waals surface area contributed by atoms with Gasteiger partial charge in [0.05, 0.1) is 17.1 Å². The molecule has 0 saturated carbocycles. The van der Waals surface area contributed by atoms with Gasteiger partial charge in [0.1, 0.15) is 0 Å². The van der Waals surface area contributed by atoms with Gasteiger partial charge < -0.3 is 10.0 Å². The van der Waals surface area contributed by atoms with Crippen LogP contribution >= 0.6 is 11.3 Å². The Bertz CT molecular complexity index is 501. The van der Waals surface area contributed by atoms with E-state index >= 15 is 0 Å². The average molecular weight is 310 g/mol. The molecule has 21 heavy (non-hydrogen) atoms. The minimum atomic E-state index is -0.756. The fraction of sp³-hybridized carbons (Fsp3) is 0.667. The van der Waals surface area contributed by atoms with E-state index in [1.807, 2.05) is 10.3 Å². The third-order valence-corrected chi connectivity index (χ3v) is 4.91. The zero-order valence-corrected chi connectivity index (χ0v) is 13.2. The predicted octanol–water partition coefficient (Wildman–Crippen LogP) is 2.35. The number of likely N-dealkylation sites (tertiary alicyclic amines) is 1. The lowest BCUT2D eigenvalue weighted by molar-refractivity contribution is -0.137. The first-order valence-electron chi connectivity index (χ1n) is 7.51. The maximum absolute atomic E-state index is 12.3. The maximum Gasteiger partial charge on any atom is 0.303 e. The van der Waals surface area contributed by atoms with Crippen LogP contribution in [0.3, 0.4) is 0 Å². The molecule has 2 heterocycles. The number of amides is 1. The second-order valence-corrected chi connectivity index (χ2v) is 6.49. The lowest BCUT2D eigenvalue weighted by Crippen LogP contribution is -2.40. The largest absolute Gasteiger partial charge is 0.481 e. The van der Waals surface area contributed by atoms with Crippen molar-refractivity contribution in [3.63, 3.8) is 0 Å². The van der Waals surface area contributed by atoms with Crippen molar-refractivity contribution < 1.29 is 14.7 Å². The van der Waals surface area contributed by atoms with Crippen molar-refractivity contribution in [3.8, 4) is 0 Å². The molecule has 6 heteroatoms. The van der Waals surface area contributed by atoms with Crippen molar-refractivity contribution in [2.75, 3.05) is 13.1 Å². The van der Waals surface area contributed by atoms with E-state index in [1.54, 1.807) is 11.3 Å². The lowest BCUT2D eigenvalue weighted by Gasteiger charge is -2.32. The molecule has 1 aliphatic heterocycles. The van der Waals surface area contributed by atoms with E-state index in [9.17, 15) is 9.59 Å². The van der Waals surface area contributed by atoms with Crippen molar-refractivity contribution in [2.45, 2.75) is 45.4 Å². The Morgan fingerprint density at radius 3 is 3.00 bits per heavy atom. The molecule has 1 aliphatic rings. The Morgan fingerprint density at radius 2 is 2.33 bits per heavy atom. The van der Waals surface area contributed by atoms with Gasteiger partial charge in [0, 0.05) is 24.9 Å². The fourth-order valence-corrected chi connectivity index (χ4v) is 3.46. The smallest absolute Gasteiger partial charge is 0.303 e. The number of nitrogens with zero attached hydrogens (tertiary/aromatic N) is 2. The Hall–Kier alpha value is -1.43. The molecule has 0 unspecified atom stereocenters. The zero-order valence-electron chi connectivity index (χ0n) is 12.4. The lowest BCUT2D eigenvalue weighted by atomic mass is 9.93. The van der Waals surface area contributed by atoms with Crippen molar-refractivity contribution in [1.82, 2.24) is 9.88 Å². The number of rotatable bonds is 6. The molecule has 0 aliphatic carbocycles. The number of hydrogen-bond acceptors (Lipinski definition) is 4. The first-order chi connectivity index (χ1) is 10.1. The van der Waals surface area contributed by atoms with E-state index in [4.69, 9.17) is 5.11 Å². The van der Waals surface area contributed by atoms with Gasteiger partial charge in [-0.05, 0) is 31.6 Å². The molecule has 1 fully saturated rings. The molecule has 116 valence electrons. The number of aryl methyl sites for hydroxylation is 1. The maximum atomic E-state index is 12.3. The van der Waals surface area contributed by atoms with E-state index < -0.39 is 5.97 Å². The number of thiazole rings is 1. The van der Waals surface area contributed by atoms with Crippen LogP contribution in [0.1, 0.15) is 43.3 Å². The number of carbonyl (C=O) groups is 2. The van der Waals surface area contributed by atoms with Crippen LogP contribution in [0, 0.1) is 5.92 Å². The summed E-state index contributed by atoms with van der Waals surface area (Å²) < 4.78 is 0. The number of hydrogen-bond donors (Lipinski definition) is 1. The Labute approximate surface area is 129 Å². The van der Waals surface area contributed by atoms with Crippen LogP contribution in [0.25, 0.3) is 0 Å². The summed E-state index contributed by atoms with van der Waals surface area (Å²) in [5.74, 6) is -0.323. The van der Waals surface area contributed by atoms with Gasteiger partial charge >= 0.3 is 5.97 Å². The molecule has 0 spiro atoms. The normalized spacial score (nSPS) is 18.7. The minimum Gasteiger partial charge on any atom is -0.481 e. The fourth-order valence-electron chi connectivity index (χ4n) is 2.71. The second-order valence-electron chi connectivity index (χ2n) is 5.54. The summed E-state index contributed by atoms with van der Waals surface area (Å²) >= 11 is 1.60. The number of aliphatic carboxylic acids is 1. The van der Waals surface area contributed by atoms with Crippen molar-refractivity contribution in [3.05, 3.63) is 16.1 Å². The van der Waals surface area contributed by atoms with Crippen molar-refractivity contribution in [2.24, 2.45) is 5.92 Å². The number of carboxylic acid groups (broad SMARTS) is 1. The van der Waals surface area contributed by atoms with E-state index in [2.05, 4.69) is 11.9 Å². The van der Waals surface area contributed by atoms with Crippen LogP contribution in [0.4, 0.5) is 0 Å². The molecular weight excluding hydrogens is 288 g/mol. The molecule has 1 saturated heterocycles. The first kappa shape index (κ1) is 15.9. The summed E-state index contributed by atoms with van der Waals surface area (Å²) in [4.78, 5) is 29.3. The van der Waals surface area contributed by atoms with Crippen molar-refractivity contribution >= 4 is 23.2 Å². The van der Waals surface area contributed by atoms with Crippen LogP contribution in [-0.4, -0.2) is 40.0 Å². The van der Waals surface area contributed by atoms with Gasteiger partial charge in [-0.3, -0.25) is 9.59 Å². The third-order valence-electron chi connectivity index (χ3n) is 3.87. The summed E-state index contributed by atoms with van der Waals surface area (Å²) in [7, 11) is 0. The van der Waals surface area contributed by atoms with Gasteiger partial charge in [0.15, 0.2) is 0 Å². The van der Waals surface area contributed by atoms with E-state index in [0.717, 1.165) is 36.5 Å². The highest BCUT2D eigenvalue weighted by molar-refractivity contribution is 7.09. The Morgan fingerprint density at radius 1 is 1.52 bits per heavy atom. The molecular formula is C15H22N2O3S. The second kappa shape index (κ2) is 7.54. The van der Waals surface area contributed by atoms with Crippen molar-refractivity contribution in [1.29, 1.82) is 0 Å². The van der Waals surface area contributed by atoms with Crippen LogP contribution in [-0.2, 0) is 22.4 Å². The molecule has 1 aromatic heterocycles. The summed E-state index contributed by atoms with van der Waals surface area (Å²) in [5, 5.41) is 11.8. The monoisotopic (exact) mass is 310 g/mol. The Kier molecular flexibility index (Phi) is 5.73. The van der Waals surface area contributed by atoms with Gasteiger partial charge in [0.2, 0.25) is 5.91 Å². The summed E-state index contributed by atoms with van der Waals surface area (Å²) in [6.07, 6.45) is 4.11. The molecule has 0 radical (unpaired) electrons.